The van der Waals surface area contributed by atoms with Gasteiger partial charge in [0.25, 0.3) is 0 Å². The summed E-state index contributed by atoms with van der Waals surface area (Å²) >= 11 is 0. The number of amides is 1. The minimum atomic E-state index is -3.71. The molecule has 9 nitrogen and oxygen atoms in total. The van der Waals surface area contributed by atoms with E-state index in [1.165, 1.54) is 28.6 Å². The molecule has 0 radical (unpaired) electrons. The van der Waals surface area contributed by atoms with Crippen LogP contribution in [0.15, 0.2) is 47.4 Å². The third kappa shape index (κ3) is 6.03. The van der Waals surface area contributed by atoms with E-state index in [9.17, 15) is 17.6 Å². The smallest absolute Gasteiger partial charge is 0.243 e. The van der Waals surface area contributed by atoms with E-state index >= 15 is 0 Å². The number of carbonyl (C=O) groups excluding carboxylic acids is 1. The Hall–Kier alpha value is -2.73. The summed E-state index contributed by atoms with van der Waals surface area (Å²) in [5.41, 5.74) is 1.18. The van der Waals surface area contributed by atoms with Crippen LogP contribution < -0.4 is 16.0 Å². The summed E-state index contributed by atoms with van der Waals surface area (Å²) in [4.78, 5) is 12.5. The van der Waals surface area contributed by atoms with Crippen molar-refractivity contribution < 1.29 is 27.1 Å². The highest BCUT2D eigenvalue weighted by Crippen LogP contribution is 2.28. The monoisotopic (exact) mass is 492 g/mol. The number of sulfonamides is 1. The van der Waals surface area contributed by atoms with Crippen molar-refractivity contribution >= 4 is 33.0 Å². The first-order valence-corrected chi connectivity index (χ1v) is 12.7. The number of anilines is 3. The highest BCUT2D eigenvalue weighted by molar-refractivity contribution is 7.89. The molecule has 0 spiro atoms. The van der Waals surface area contributed by atoms with Crippen LogP contribution in [0, 0.1) is 5.82 Å². The number of ether oxygens (including phenoxy) is 2. The van der Waals surface area contributed by atoms with Gasteiger partial charge in [0.05, 0.1) is 47.8 Å². The van der Waals surface area contributed by atoms with Gasteiger partial charge in [0.15, 0.2) is 0 Å². The van der Waals surface area contributed by atoms with Crippen molar-refractivity contribution in [1.29, 1.82) is 0 Å². The maximum atomic E-state index is 13.8. The average molecular weight is 493 g/mol. The van der Waals surface area contributed by atoms with Crippen molar-refractivity contribution in [3.8, 4) is 0 Å². The number of benzene rings is 2. The van der Waals surface area contributed by atoms with Crippen LogP contribution in [-0.2, 0) is 24.3 Å². The second-order valence-corrected chi connectivity index (χ2v) is 10.1. The van der Waals surface area contributed by atoms with Gasteiger partial charge in [-0.05, 0) is 43.2 Å². The SMILES string of the molecule is O=C(CNc1cc(S(=O)(=O)N2CCOCC2)ccc1NC[C@H]1CCCO1)Nc1ccccc1F. The third-order valence-corrected chi connectivity index (χ3v) is 7.63. The minimum Gasteiger partial charge on any atom is -0.381 e. The molecule has 2 aliphatic rings. The first-order valence-electron chi connectivity index (χ1n) is 11.3. The summed E-state index contributed by atoms with van der Waals surface area (Å²) in [5, 5.41) is 8.80. The predicted molar refractivity (Wildman–Crippen MR) is 127 cm³/mol. The van der Waals surface area contributed by atoms with Crippen molar-refractivity contribution in [3.63, 3.8) is 0 Å². The Morgan fingerprint density at radius 3 is 2.56 bits per heavy atom. The second-order valence-electron chi connectivity index (χ2n) is 8.12. The molecule has 2 aromatic rings. The molecule has 0 saturated carbocycles. The fraction of sp³-hybridized carbons (Fsp3) is 0.435. The van der Waals surface area contributed by atoms with Crippen molar-refractivity contribution in [2.75, 3.05) is 62.0 Å². The Morgan fingerprint density at radius 2 is 1.82 bits per heavy atom. The first kappa shape index (κ1) is 24.4. The van der Waals surface area contributed by atoms with Gasteiger partial charge >= 0.3 is 0 Å². The lowest BCUT2D eigenvalue weighted by Gasteiger charge is -2.26. The van der Waals surface area contributed by atoms with Gasteiger partial charge in [-0.3, -0.25) is 4.79 Å². The maximum absolute atomic E-state index is 13.8. The fourth-order valence-corrected chi connectivity index (χ4v) is 5.32. The van der Waals surface area contributed by atoms with Crippen LogP contribution in [0.2, 0.25) is 0 Å². The Kier molecular flexibility index (Phi) is 7.99. The molecule has 1 atom stereocenters. The zero-order chi connectivity index (χ0) is 24.0. The van der Waals surface area contributed by atoms with Gasteiger partial charge in [-0.2, -0.15) is 4.31 Å². The van der Waals surface area contributed by atoms with Gasteiger partial charge in [-0.1, -0.05) is 12.1 Å². The van der Waals surface area contributed by atoms with E-state index in [4.69, 9.17) is 9.47 Å². The van der Waals surface area contributed by atoms with Gasteiger partial charge in [-0.25, -0.2) is 12.8 Å². The molecule has 2 fully saturated rings. The summed E-state index contributed by atoms with van der Waals surface area (Å²) in [5.74, 6) is -0.995. The van der Waals surface area contributed by atoms with Crippen LogP contribution >= 0.6 is 0 Å². The lowest BCUT2D eigenvalue weighted by molar-refractivity contribution is -0.114. The number of morpholine rings is 1. The molecule has 4 rings (SSSR count). The van der Waals surface area contributed by atoms with E-state index in [1.807, 2.05) is 0 Å². The van der Waals surface area contributed by atoms with Crippen LogP contribution in [0.4, 0.5) is 21.5 Å². The molecule has 184 valence electrons. The average Bonchev–Trinajstić information content (AvgIpc) is 3.37. The van der Waals surface area contributed by atoms with Gasteiger partial charge in [0, 0.05) is 26.2 Å². The number of nitrogens with zero attached hydrogens (tertiary/aromatic N) is 1. The molecular weight excluding hydrogens is 463 g/mol. The summed E-state index contributed by atoms with van der Waals surface area (Å²) < 4.78 is 52.4. The third-order valence-electron chi connectivity index (χ3n) is 5.73. The highest BCUT2D eigenvalue weighted by atomic mass is 32.2. The molecule has 2 heterocycles. The Labute approximate surface area is 198 Å². The zero-order valence-electron chi connectivity index (χ0n) is 18.8. The molecule has 2 aliphatic heterocycles. The molecule has 0 aromatic heterocycles. The minimum absolute atomic E-state index is 0.0777. The lowest BCUT2D eigenvalue weighted by Crippen LogP contribution is -2.40. The second kappa shape index (κ2) is 11.1. The molecule has 1 amide bonds. The van der Waals surface area contributed by atoms with E-state index in [0.717, 1.165) is 19.4 Å². The van der Waals surface area contributed by atoms with Crippen molar-refractivity contribution in [2.24, 2.45) is 0 Å². The molecule has 2 saturated heterocycles. The van der Waals surface area contributed by atoms with E-state index in [2.05, 4.69) is 16.0 Å². The standard InChI is InChI=1S/C23H29FN4O5S/c24-19-5-1-2-6-20(19)27-23(29)16-26-22-14-18(34(30,31)28-9-12-32-13-10-28)7-8-21(22)25-15-17-4-3-11-33-17/h1-2,5-8,14,17,25-26H,3-4,9-13,15-16H2,(H,27,29)/t17-/m1/s1. The normalized spacial score (nSPS) is 19.0. The van der Waals surface area contributed by atoms with Crippen molar-refractivity contribution in [3.05, 3.63) is 48.3 Å². The molecule has 3 N–H and O–H groups in total. The van der Waals surface area contributed by atoms with E-state index < -0.39 is 21.7 Å². The quantitative estimate of drug-likeness (QED) is 0.494. The molecule has 2 aromatic carbocycles. The number of para-hydroxylation sites is 1. The Morgan fingerprint density at radius 1 is 1.03 bits per heavy atom. The fourth-order valence-electron chi connectivity index (χ4n) is 3.88. The van der Waals surface area contributed by atoms with Gasteiger partial charge in [0.1, 0.15) is 5.82 Å². The van der Waals surface area contributed by atoms with Gasteiger partial charge < -0.3 is 25.4 Å². The topological polar surface area (TPSA) is 109 Å². The number of halogens is 1. The van der Waals surface area contributed by atoms with Crippen LogP contribution in [0.5, 0.6) is 0 Å². The number of nitrogens with one attached hydrogen (secondary N) is 3. The zero-order valence-corrected chi connectivity index (χ0v) is 19.6. The van der Waals surface area contributed by atoms with Crippen LogP contribution in [-0.4, -0.2) is 70.7 Å². The van der Waals surface area contributed by atoms with Gasteiger partial charge in [0.2, 0.25) is 15.9 Å². The molecule has 0 bridgehead atoms. The van der Waals surface area contributed by atoms with E-state index in [0.29, 0.717) is 31.1 Å². The largest absolute Gasteiger partial charge is 0.381 e. The molecule has 0 unspecified atom stereocenters. The Balaban J connectivity index is 1.50. The number of rotatable bonds is 9. The number of carbonyl (C=O) groups is 1. The van der Waals surface area contributed by atoms with Gasteiger partial charge in [-0.15, -0.1) is 0 Å². The van der Waals surface area contributed by atoms with Crippen molar-refractivity contribution in [2.45, 2.75) is 23.8 Å². The van der Waals surface area contributed by atoms with E-state index in [1.54, 1.807) is 18.2 Å². The van der Waals surface area contributed by atoms with Crippen LogP contribution in [0.3, 0.4) is 0 Å². The lowest BCUT2D eigenvalue weighted by atomic mass is 10.2. The Bertz CT molecular complexity index is 1100. The maximum Gasteiger partial charge on any atom is 0.243 e. The first-order chi connectivity index (χ1) is 16.4. The predicted octanol–water partition coefficient (Wildman–Crippen LogP) is 2.49. The summed E-state index contributed by atoms with van der Waals surface area (Å²) in [6.07, 6.45) is 2.03. The van der Waals surface area contributed by atoms with Crippen molar-refractivity contribution in [1.82, 2.24) is 4.31 Å². The summed E-state index contributed by atoms with van der Waals surface area (Å²) in [6, 6.07) is 10.6. The highest BCUT2D eigenvalue weighted by Gasteiger charge is 2.27. The van der Waals surface area contributed by atoms with Crippen LogP contribution in [0.25, 0.3) is 0 Å². The summed E-state index contributed by atoms with van der Waals surface area (Å²) in [6.45, 7) is 2.38. The molecule has 11 heteroatoms. The number of hydrogen-bond acceptors (Lipinski definition) is 7. The molecular formula is C23H29FN4O5S. The molecule has 34 heavy (non-hydrogen) atoms. The summed E-state index contributed by atoms with van der Waals surface area (Å²) in [7, 11) is -3.71. The van der Waals surface area contributed by atoms with Crippen LogP contribution in [0.1, 0.15) is 12.8 Å². The van der Waals surface area contributed by atoms with E-state index in [-0.39, 0.29) is 36.3 Å². The number of hydrogen-bond donors (Lipinski definition) is 3. The molecule has 0 aliphatic carbocycles.